The molecule has 0 aliphatic carbocycles. The van der Waals surface area contributed by atoms with Crippen molar-refractivity contribution in [3.8, 4) is 0 Å². The standard InChI is InChI=1S/C18H21N3O/c1-14(19-12-18(22)13-21-10-4-9-20-21)16-8-7-15-5-2-3-6-17(15)11-16/h2-11,14,18-19,22H,12-13H2,1H3/t14-,18+/m0/s1. The van der Waals surface area contributed by atoms with E-state index >= 15 is 0 Å². The van der Waals surface area contributed by atoms with Crippen LogP contribution in [0.15, 0.2) is 60.9 Å². The van der Waals surface area contributed by atoms with Crippen molar-refractivity contribution < 1.29 is 5.11 Å². The number of hydrogen-bond acceptors (Lipinski definition) is 3. The molecule has 114 valence electrons. The van der Waals surface area contributed by atoms with Crippen LogP contribution in [0.1, 0.15) is 18.5 Å². The second-order valence-corrected chi connectivity index (χ2v) is 5.62. The highest BCUT2D eigenvalue weighted by Crippen LogP contribution is 2.20. The summed E-state index contributed by atoms with van der Waals surface area (Å²) in [6.45, 7) is 3.16. The van der Waals surface area contributed by atoms with E-state index in [0.29, 0.717) is 13.1 Å². The molecule has 3 rings (SSSR count). The maximum Gasteiger partial charge on any atom is 0.0860 e. The predicted molar refractivity (Wildman–Crippen MR) is 88.6 cm³/mol. The van der Waals surface area contributed by atoms with Crippen LogP contribution in [0.3, 0.4) is 0 Å². The van der Waals surface area contributed by atoms with Gasteiger partial charge in [-0.3, -0.25) is 4.68 Å². The molecule has 4 heteroatoms. The van der Waals surface area contributed by atoms with Gasteiger partial charge in [-0.25, -0.2) is 0 Å². The molecule has 0 radical (unpaired) electrons. The summed E-state index contributed by atoms with van der Waals surface area (Å²) in [5.74, 6) is 0. The van der Waals surface area contributed by atoms with E-state index in [9.17, 15) is 5.11 Å². The summed E-state index contributed by atoms with van der Waals surface area (Å²) in [4.78, 5) is 0. The number of fused-ring (bicyclic) bond motifs is 1. The highest BCUT2D eigenvalue weighted by molar-refractivity contribution is 5.83. The molecule has 2 N–H and O–H groups in total. The zero-order valence-electron chi connectivity index (χ0n) is 12.7. The lowest BCUT2D eigenvalue weighted by Crippen LogP contribution is -2.32. The molecule has 1 heterocycles. The largest absolute Gasteiger partial charge is 0.390 e. The van der Waals surface area contributed by atoms with Gasteiger partial charge in [0, 0.05) is 25.0 Å². The van der Waals surface area contributed by atoms with Gasteiger partial charge in [0.1, 0.15) is 0 Å². The SMILES string of the molecule is C[C@H](NC[C@@H](O)Cn1cccn1)c1ccc2ccccc2c1. The van der Waals surface area contributed by atoms with E-state index in [1.165, 1.54) is 16.3 Å². The summed E-state index contributed by atoms with van der Waals surface area (Å²) in [5, 5.41) is 20.0. The molecule has 1 aromatic heterocycles. The quantitative estimate of drug-likeness (QED) is 0.735. The average Bonchev–Trinajstić information content (AvgIpc) is 3.05. The van der Waals surface area contributed by atoms with Crippen LogP contribution in [-0.4, -0.2) is 27.5 Å². The summed E-state index contributed by atoms with van der Waals surface area (Å²) in [5.41, 5.74) is 1.23. The van der Waals surface area contributed by atoms with E-state index in [1.54, 1.807) is 10.9 Å². The fourth-order valence-electron chi connectivity index (χ4n) is 2.60. The van der Waals surface area contributed by atoms with Gasteiger partial charge in [-0.15, -0.1) is 0 Å². The molecule has 2 atom stereocenters. The monoisotopic (exact) mass is 295 g/mol. The number of aliphatic hydroxyl groups excluding tert-OH is 1. The zero-order valence-corrected chi connectivity index (χ0v) is 12.7. The summed E-state index contributed by atoms with van der Waals surface area (Å²) < 4.78 is 1.74. The molecule has 0 aliphatic rings. The van der Waals surface area contributed by atoms with E-state index in [4.69, 9.17) is 0 Å². The van der Waals surface area contributed by atoms with E-state index in [2.05, 4.69) is 59.8 Å². The Hall–Kier alpha value is -2.17. The van der Waals surface area contributed by atoms with Gasteiger partial charge in [-0.2, -0.15) is 5.10 Å². The highest BCUT2D eigenvalue weighted by Gasteiger charge is 2.10. The first kappa shape index (κ1) is 14.8. The lowest BCUT2D eigenvalue weighted by atomic mass is 10.0. The second-order valence-electron chi connectivity index (χ2n) is 5.62. The fraction of sp³-hybridized carbons (Fsp3) is 0.278. The van der Waals surface area contributed by atoms with Crippen LogP contribution in [0, 0.1) is 0 Å². The van der Waals surface area contributed by atoms with E-state index in [1.807, 2.05) is 12.3 Å². The average molecular weight is 295 g/mol. The van der Waals surface area contributed by atoms with E-state index in [0.717, 1.165) is 0 Å². The van der Waals surface area contributed by atoms with Crippen LogP contribution >= 0.6 is 0 Å². The summed E-state index contributed by atoms with van der Waals surface area (Å²) >= 11 is 0. The number of hydrogen-bond donors (Lipinski definition) is 2. The van der Waals surface area contributed by atoms with Crippen molar-refractivity contribution in [1.82, 2.24) is 15.1 Å². The Morgan fingerprint density at radius 2 is 1.95 bits per heavy atom. The van der Waals surface area contributed by atoms with Crippen molar-refractivity contribution in [2.24, 2.45) is 0 Å². The van der Waals surface area contributed by atoms with Crippen LogP contribution in [0.5, 0.6) is 0 Å². The van der Waals surface area contributed by atoms with Gasteiger partial charge in [0.25, 0.3) is 0 Å². The topological polar surface area (TPSA) is 50.1 Å². The first-order chi connectivity index (χ1) is 10.7. The Labute approximate surface area is 130 Å². The Balaban J connectivity index is 1.59. The van der Waals surface area contributed by atoms with Crippen LogP contribution in [0.25, 0.3) is 10.8 Å². The van der Waals surface area contributed by atoms with Crippen molar-refractivity contribution in [3.05, 3.63) is 66.5 Å². The van der Waals surface area contributed by atoms with E-state index in [-0.39, 0.29) is 6.04 Å². The van der Waals surface area contributed by atoms with Gasteiger partial charge in [-0.05, 0) is 35.4 Å². The molecule has 0 saturated heterocycles. The van der Waals surface area contributed by atoms with Gasteiger partial charge < -0.3 is 10.4 Å². The lowest BCUT2D eigenvalue weighted by Gasteiger charge is -2.18. The molecule has 2 aromatic carbocycles. The third kappa shape index (κ3) is 3.53. The smallest absolute Gasteiger partial charge is 0.0860 e. The number of nitrogens with one attached hydrogen (secondary N) is 1. The van der Waals surface area contributed by atoms with Crippen molar-refractivity contribution in [2.45, 2.75) is 25.6 Å². The van der Waals surface area contributed by atoms with Crippen LogP contribution < -0.4 is 5.32 Å². The third-order valence-electron chi connectivity index (χ3n) is 3.89. The second kappa shape index (κ2) is 6.73. The van der Waals surface area contributed by atoms with Crippen molar-refractivity contribution in [1.29, 1.82) is 0 Å². The minimum absolute atomic E-state index is 0.192. The summed E-state index contributed by atoms with van der Waals surface area (Å²) in [6, 6.07) is 16.9. The van der Waals surface area contributed by atoms with Crippen LogP contribution in [0.4, 0.5) is 0 Å². The number of nitrogens with zero attached hydrogens (tertiary/aromatic N) is 2. The maximum absolute atomic E-state index is 10.1. The molecule has 4 nitrogen and oxygen atoms in total. The normalized spacial score (nSPS) is 14.1. The van der Waals surface area contributed by atoms with Gasteiger partial charge in [-0.1, -0.05) is 36.4 Å². The third-order valence-corrected chi connectivity index (χ3v) is 3.89. The molecule has 0 unspecified atom stereocenters. The summed E-state index contributed by atoms with van der Waals surface area (Å²) in [6.07, 6.45) is 3.12. The molecule has 0 bridgehead atoms. The zero-order chi connectivity index (χ0) is 15.4. The molecular weight excluding hydrogens is 274 g/mol. The minimum Gasteiger partial charge on any atom is -0.390 e. The predicted octanol–water partition coefficient (Wildman–Crippen LogP) is 2.75. The number of benzene rings is 2. The van der Waals surface area contributed by atoms with Crippen LogP contribution in [-0.2, 0) is 6.54 Å². The first-order valence-electron chi connectivity index (χ1n) is 7.60. The molecule has 22 heavy (non-hydrogen) atoms. The molecule has 3 aromatic rings. The Morgan fingerprint density at radius 3 is 2.73 bits per heavy atom. The first-order valence-corrected chi connectivity index (χ1v) is 7.60. The molecular formula is C18H21N3O. The Morgan fingerprint density at radius 1 is 1.14 bits per heavy atom. The van der Waals surface area contributed by atoms with Gasteiger partial charge >= 0.3 is 0 Å². The Bertz CT molecular complexity index is 724. The number of aliphatic hydroxyl groups is 1. The Kier molecular flexibility index (Phi) is 4.51. The van der Waals surface area contributed by atoms with Crippen LogP contribution in [0.2, 0.25) is 0 Å². The van der Waals surface area contributed by atoms with E-state index < -0.39 is 6.10 Å². The molecule has 0 spiro atoms. The van der Waals surface area contributed by atoms with Crippen molar-refractivity contribution in [3.63, 3.8) is 0 Å². The molecule has 0 amide bonds. The lowest BCUT2D eigenvalue weighted by molar-refractivity contribution is 0.143. The maximum atomic E-state index is 10.1. The minimum atomic E-state index is -0.456. The number of rotatable bonds is 6. The molecule has 0 aliphatic heterocycles. The van der Waals surface area contributed by atoms with Gasteiger partial charge in [0.05, 0.1) is 12.6 Å². The molecule has 0 fully saturated rings. The molecule has 0 saturated carbocycles. The number of aromatic nitrogens is 2. The van der Waals surface area contributed by atoms with Crippen molar-refractivity contribution >= 4 is 10.8 Å². The fourth-order valence-corrected chi connectivity index (χ4v) is 2.60. The van der Waals surface area contributed by atoms with Gasteiger partial charge in [0.15, 0.2) is 0 Å². The highest BCUT2D eigenvalue weighted by atomic mass is 16.3. The summed E-state index contributed by atoms with van der Waals surface area (Å²) in [7, 11) is 0. The van der Waals surface area contributed by atoms with Gasteiger partial charge in [0.2, 0.25) is 0 Å². The van der Waals surface area contributed by atoms with Crippen molar-refractivity contribution in [2.75, 3.05) is 6.54 Å².